The molecule has 5 heteroatoms. The lowest BCUT2D eigenvalue weighted by molar-refractivity contribution is -0.146. The predicted octanol–water partition coefficient (Wildman–Crippen LogP) is 2.14. The van der Waals surface area contributed by atoms with Crippen LogP contribution in [0.15, 0.2) is 24.3 Å². The van der Waals surface area contributed by atoms with Gasteiger partial charge < -0.3 is 14.8 Å². The molecule has 1 rings (SSSR count). The van der Waals surface area contributed by atoms with Crippen molar-refractivity contribution in [3.63, 3.8) is 0 Å². The van der Waals surface area contributed by atoms with Gasteiger partial charge in [-0.25, -0.2) is 4.39 Å². The normalized spacial score (nSPS) is 11.9. The van der Waals surface area contributed by atoms with E-state index in [1.54, 1.807) is 19.1 Å². The molecule has 106 valence electrons. The molecule has 0 spiro atoms. The minimum atomic E-state index is -0.390. The van der Waals surface area contributed by atoms with Crippen LogP contribution in [0.4, 0.5) is 4.39 Å². The first-order valence-corrected chi connectivity index (χ1v) is 6.45. The number of likely N-dealkylation sites (N-methyl/N-ethyl adjacent to an activating group) is 1. The molecule has 1 aromatic rings. The quantitative estimate of drug-likeness (QED) is 0.734. The molecular formula is C14H20FNO3. The lowest BCUT2D eigenvalue weighted by Crippen LogP contribution is -2.39. The van der Waals surface area contributed by atoms with E-state index in [0.29, 0.717) is 31.9 Å². The Labute approximate surface area is 112 Å². The summed E-state index contributed by atoms with van der Waals surface area (Å²) in [7, 11) is 0. The molecule has 0 heterocycles. The van der Waals surface area contributed by atoms with E-state index in [2.05, 4.69) is 5.32 Å². The highest BCUT2D eigenvalue weighted by Crippen LogP contribution is 2.12. The van der Waals surface area contributed by atoms with E-state index >= 15 is 0 Å². The van der Waals surface area contributed by atoms with Crippen molar-refractivity contribution in [3.8, 4) is 5.75 Å². The van der Waals surface area contributed by atoms with Gasteiger partial charge in [-0.3, -0.25) is 4.79 Å². The van der Waals surface area contributed by atoms with Gasteiger partial charge in [0, 0.05) is 12.5 Å². The maximum Gasteiger partial charge on any atom is 0.323 e. The summed E-state index contributed by atoms with van der Waals surface area (Å²) in [5.74, 6) is -0.169. The molecule has 4 nitrogen and oxygen atoms in total. The largest absolute Gasteiger partial charge is 0.493 e. The number of rotatable bonds is 8. The molecule has 19 heavy (non-hydrogen) atoms. The fraction of sp³-hybridized carbons (Fsp3) is 0.500. The Bertz CT molecular complexity index is 398. The van der Waals surface area contributed by atoms with Crippen LogP contribution in [0.25, 0.3) is 0 Å². The number of carbonyl (C=O) groups is 1. The molecule has 0 radical (unpaired) electrons. The number of carbonyl (C=O) groups excluding carboxylic acids is 1. The molecule has 0 aliphatic carbocycles. The van der Waals surface area contributed by atoms with Gasteiger partial charge in [0.05, 0.1) is 13.2 Å². The molecule has 0 saturated heterocycles. The summed E-state index contributed by atoms with van der Waals surface area (Å²) in [6.07, 6.45) is 0.475. The Morgan fingerprint density at radius 2 is 2.21 bits per heavy atom. The summed E-state index contributed by atoms with van der Waals surface area (Å²) >= 11 is 0. The van der Waals surface area contributed by atoms with Gasteiger partial charge in [-0.2, -0.15) is 0 Å². The van der Waals surface area contributed by atoms with E-state index in [9.17, 15) is 9.18 Å². The lowest BCUT2D eigenvalue weighted by atomic mass is 10.2. The van der Waals surface area contributed by atoms with Gasteiger partial charge in [-0.15, -0.1) is 0 Å². The van der Waals surface area contributed by atoms with Crippen LogP contribution < -0.4 is 10.1 Å². The van der Waals surface area contributed by atoms with E-state index in [1.807, 2.05) is 6.92 Å². The van der Waals surface area contributed by atoms with Gasteiger partial charge in [0.1, 0.15) is 17.6 Å². The van der Waals surface area contributed by atoms with Crippen molar-refractivity contribution < 1.29 is 18.7 Å². The lowest BCUT2D eigenvalue weighted by Gasteiger charge is -2.16. The van der Waals surface area contributed by atoms with Gasteiger partial charge in [-0.05, 0) is 25.6 Å². The van der Waals surface area contributed by atoms with Crippen LogP contribution in [-0.4, -0.2) is 31.8 Å². The Morgan fingerprint density at radius 3 is 2.84 bits per heavy atom. The third kappa shape index (κ3) is 5.70. The van der Waals surface area contributed by atoms with Gasteiger partial charge in [0.15, 0.2) is 0 Å². The zero-order valence-electron chi connectivity index (χ0n) is 11.3. The monoisotopic (exact) mass is 269 g/mol. The van der Waals surface area contributed by atoms with Gasteiger partial charge in [-0.1, -0.05) is 13.0 Å². The molecule has 1 atom stereocenters. The smallest absolute Gasteiger partial charge is 0.323 e. The first-order valence-electron chi connectivity index (χ1n) is 6.45. The maximum absolute atomic E-state index is 12.9. The molecule has 1 unspecified atom stereocenters. The van der Waals surface area contributed by atoms with Crippen molar-refractivity contribution in [2.24, 2.45) is 0 Å². The second-order valence-corrected chi connectivity index (χ2v) is 3.96. The minimum Gasteiger partial charge on any atom is -0.493 e. The minimum absolute atomic E-state index is 0.285. The van der Waals surface area contributed by atoms with E-state index in [-0.39, 0.29) is 11.8 Å². The molecule has 0 bridgehead atoms. The number of nitrogens with one attached hydrogen (secondary N) is 1. The van der Waals surface area contributed by atoms with Crippen LogP contribution in [0, 0.1) is 5.82 Å². The highest BCUT2D eigenvalue weighted by Gasteiger charge is 2.18. The van der Waals surface area contributed by atoms with Crippen LogP contribution in [0.2, 0.25) is 0 Å². The van der Waals surface area contributed by atoms with Gasteiger partial charge >= 0.3 is 5.97 Å². The molecule has 0 aliphatic heterocycles. The molecule has 0 aromatic heterocycles. The van der Waals surface area contributed by atoms with E-state index < -0.39 is 6.04 Å². The van der Waals surface area contributed by atoms with E-state index in [1.165, 1.54) is 12.1 Å². The van der Waals surface area contributed by atoms with E-state index in [0.717, 1.165) is 0 Å². The van der Waals surface area contributed by atoms with Crippen molar-refractivity contribution >= 4 is 5.97 Å². The number of hydrogen-bond donors (Lipinski definition) is 1. The number of ether oxygens (including phenoxy) is 2. The average molecular weight is 269 g/mol. The van der Waals surface area contributed by atoms with Crippen molar-refractivity contribution in [3.05, 3.63) is 30.1 Å². The first kappa shape index (κ1) is 15.4. The molecule has 0 amide bonds. The first-order chi connectivity index (χ1) is 9.17. The fourth-order valence-electron chi connectivity index (χ4n) is 1.64. The maximum atomic E-state index is 12.9. The van der Waals surface area contributed by atoms with Crippen LogP contribution in [-0.2, 0) is 9.53 Å². The SMILES string of the molecule is CCNC(CCOc1cccc(F)c1)C(=O)OCC. The summed E-state index contributed by atoms with van der Waals surface area (Å²) in [5.41, 5.74) is 0. The van der Waals surface area contributed by atoms with Crippen LogP contribution in [0.5, 0.6) is 5.75 Å². The Balaban J connectivity index is 2.41. The van der Waals surface area contributed by atoms with Crippen molar-refractivity contribution in [1.29, 1.82) is 0 Å². The predicted molar refractivity (Wildman–Crippen MR) is 70.6 cm³/mol. The third-order valence-electron chi connectivity index (χ3n) is 2.49. The fourth-order valence-corrected chi connectivity index (χ4v) is 1.64. The summed E-state index contributed by atoms with van der Waals surface area (Å²) < 4.78 is 23.3. The standard InChI is InChI=1S/C14H20FNO3/c1-3-16-13(14(17)18-4-2)8-9-19-12-7-5-6-11(15)10-12/h5-7,10,13,16H,3-4,8-9H2,1-2H3. The zero-order valence-corrected chi connectivity index (χ0v) is 11.3. The zero-order chi connectivity index (χ0) is 14.1. The topological polar surface area (TPSA) is 47.6 Å². The second kappa shape index (κ2) is 8.48. The van der Waals surface area contributed by atoms with E-state index in [4.69, 9.17) is 9.47 Å². The highest BCUT2D eigenvalue weighted by molar-refractivity contribution is 5.75. The van der Waals surface area contributed by atoms with Gasteiger partial charge in [0.2, 0.25) is 0 Å². The molecule has 1 N–H and O–H groups in total. The highest BCUT2D eigenvalue weighted by atomic mass is 19.1. The Morgan fingerprint density at radius 1 is 1.42 bits per heavy atom. The average Bonchev–Trinajstić information content (AvgIpc) is 2.38. The molecule has 0 aliphatic rings. The Hall–Kier alpha value is -1.62. The molecule has 0 saturated carbocycles. The van der Waals surface area contributed by atoms with Crippen molar-refractivity contribution in [2.75, 3.05) is 19.8 Å². The number of benzene rings is 1. The Kier molecular flexibility index (Phi) is 6.89. The molecule has 1 aromatic carbocycles. The third-order valence-corrected chi connectivity index (χ3v) is 2.49. The van der Waals surface area contributed by atoms with Crippen LogP contribution >= 0.6 is 0 Å². The van der Waals surface area contributed by atoms with Crippen molar-refractivity contribution in [1.82, 2.24) is 5.32 Å². The summed E-state index contributed by atoms with van der Waals surface area (Å²) in [5, 5.41) is 3.04. The number of halogens is 1. The number of hydrogen-bond acceptors (Lipinski definition) is 4. The van der Waals surface area contributed by atoms with Crippen LogP contribution in [0.1, 0.15) is 20.3 Å². The van der Waals surface area contributed by atoms with Gasteiger partial charge in [0.25, 0.3) is 0 Å². The molecule has 0 fully saturated rings. The summed E-state index contributed by atoms with van der Waals surface area (Å²) in [4.78, 5) is 11.6. The van der Waals surface area contributed by atoms with Crippen LogP contribution in [0.3, 0.4) is 0 Å². The number of esters is 1. The second-order valence-electron chi connectivity index (χ2n) is 3.96. The summed E-state index contributed by atoms with van der Waals surface area (Å²) in [6.45, 7) is 5.03. The molecular weight excluding hydrogens is 249 g/mol. The summed E-state index contributed by atoms with van der Waals surface area (Å²) in [6, 6.07) is 5.53. The van der Waals surface area contributed by atoms with Crippen molar-refractivity contribution in [2.45, 2.75) is 26.3 Å².